The second-order valence-electron chi connectivity index (χ2n) is 10.4. The van der Waals surface area contributed by atoms with Crippen LogP contribution in [-0.4, -0.2) is 34.3 Å². The second kappa shape index (κ2) is 8.30. The Bertz CT molecular complexity index is 1330. The lowest BCUT2D eigenvalue weighted by atomic mass is 9.83. The number of para-hydroxylation sites is 1. The van der Waals surface area contributed by atoms with E-state index in [2.05, 4.69) is 10.3 Å². The molecule has 184 valence electrons. The SMILES string of the molecule is CC(C)(C)OC(=O)N[C@@]1(c2c[nH]c3ccccc23)C(=O)N(C(=O)OC(C)(C)C)c2cc(Cl)ccc21. The number of carbonyl (C=O) groups excluding carboxylic acids is 3. The Balaban J connectivity index is 1.98. The average molecular weight is 498 g/mol. The number of nitrogens with zero attached hydrogens (tertiary/aromatic N) is 1. The van der Waals surface area contributed by atoms with Gasteiger partial charge in [0.1, 0.15) is 11.2 Å². The first-order valence-corrected chi connectivity index (χ1v) is 11.6. The minimum atomic E-state index is -1.78. The van der Waals surface area contributed by atoms with Gasteiger partial charge in [-0.05, 0) is 59.7 Å². The summed E-state index contributed by atoms with van der Waals surface area (Å²) in [6.45, 7) is 10.3. The number of amides is 3. The first-order valence-electron chi connectivity index (χ1n) is 11.2. The Morgan fingerprint density at radius 2 is 1.63 bits per heavy atom. The Morgan fingerprint density at radius 3 is 2.29 bits per heavy atom. The number of aromatic amines is 1. The number of hydrogen-bond acceptors (Lipinski definition) is 5. The molecule has 1 aromatic heterocycles. The maximum absolute atomic E-state index is 14.3. The number of hydrogen-bond donors (Lipinski definition) is 2. The topological polar surface area (TPSA) is 101 Å². The zero-order valence-electron chi connectivity index (χ0n) is 20.5. The number of benzene rings is 2. The van der Waals surface area contributed by atoms with Crippen LogP contribution in [0.25, 0.3) is 10.9 Å². The first-order chi connectivity index (χ1) is 16.2. The number of fused-ring (bicyclic) bond motifs is 2. The molecule has 2 N–H and O–H groups in total. The first kappa shape index (κ1) is 24.6. The molecule has 4 rings (SSSR count). The van der Waals surface area contributed by atoms with Crippen molar-refractivity contribution >= 4 is 46.3 Å². The lowest BCUT2D eigenvalue weighted by Gasteiger charge is -2.31. The van der Waals surface area contributed by atoms with Gasteiger partial charge in [-0.3, -0.25) is 10.1 Å². The van der Waals surface area contributed by atoms with Gasteiger partial charge in [0, 0.05) is 33.2 Å². The number of carbonyl (C=O) groups is 3. The van der Waals surface area contributed by atoms with Crippen LogP contribution in [0.5, 0.6) is 0 Å². The van der Waals surface area contributed by atoms with E-state index in [0.717, 1.165) is 10.4 Å². The van der Waals surface area contributed by atoms with Crippen LogP contribution >= 0.6 is 11.6 Å². The smallest absolute Gasteiger partial charge is 0.421 e. The van der Waals surface area contributed by atoms with Crippen molar-refractivity contribution in [2.45, 2.75) is 58.3 Å². The Labute approximate surface area is 208 Å². The quantitative estimate of drug-likeness (QED) is 0.461. The van der Waals surface area contributed by atoms with Gasteiger partial charge >= 0.3 is 12.2 Å². The van der Waals surface area contributed by atoms with E-state index in [1.807, 2.05) is 24.3 Å². The van der Waals surface area contributed by atoms with Crippen LogP contribution in [0.3, 0.4) is 0 Å². The fraction of sp³-hybridized carbons (Fsp3) is 0.346. The molecule has 1 aliphatic rings. The summed E-state index contributed by atoms with van der Waals surface area (Å²) in [7, 11) is 0. The zero-order valence-corrected chi connectivity index (χ0v) is 21.2. The minimum Gasteiger partial charge on any atom is -0.444 e. The van der Waals surface area contributed by atoms with Crippen molar-refractivity contribution in [2.24, 2.45) is 0 Å². The highest BCUT2D eigenvalue weighted by atomic mass is 35.5. The molecule has 0 aliphatic carbocycles. The van der Waals surface area contributed by atoms with Gasteiger partial charge in [-0.25, -0.2) is 14.5 Å². The number of anilines is 1. The van der Waals surface area contributed by atoms with E-state index >= 15 is 0 Å². The van der Waals surface area contributed by atoms with Crippen LogP contribution in [-0.2, 0) is 19.8 Å². The van der Waals surface area contributed by atoms with Gasteiger partial charge in [0.05, 0.1) is 5.69 Å². The third-order valence-corrected chi connectivity index (χ3v) is 5.62. The van der Waals surface area contributed by atoms with Crippen molar-refractivity contribution in [3.8, 4) is 0 Å². The summed E-state index contributed by atoms with van der Waals surface area (Å²) in [5.74, 6) is -0.709. The number of rotatable bonds is 2. The Hall–Kier alpha value is -3.52. The predicted octanol–water partition coefficient (Wildman–Crippen LogP) is 5.87. The van der Waals surface area contributed by atoms with Crippen molar-refractivity contribution in [1.82, 2.24) is 10.3 Å². The molecule has 0 spiro atoms. The van der Waals surface area contributed by atoms with Gasteiger partial charge in [-0.2, -0.15) is 0 Å². The average Bonchev–Trinajstić information content (AvgIpc) is 3.23. The van der Waals surface area contributed by atoms with Gasteiger partial charge in [0.2, 0.25) is 0 Å². The van der Waals surface area contributed by atoms with Crippen molar-refractivity contribution in [3.63, 3.8) is 0 Å². The van der Waals surface area contributed by atoms with Gasteiger partial charge in [0.15, 0.2) is 5.54 Å². The zero-order chi connectivity index (χ0) is 25.8. The standard InChI is InChI=1S/C26H28ClN3O5/c1-24(2,3)34-22(32)29-26(18-14-28-19-10-8-7-9-16(18)19)17-12-11-15(27)13-20(17)30(21(26)31)23(33)35-25(4,5)6/h7-14,28H,1-6H3,(H,29,32)/t26-/m0/s1. The molecule has 1 atom stereocenters. The van der Waals surface area contributed by atoms with Crippen LogP contribution < -0.4 is 10.2 Å². The summed E-state index contributed by atoms with van der Waals surface area (Å²) in [4.78, 5) is 44.7. The maximum atomic E-state index is 14.3. The van der Waals surface area contributed by atoms with Gasteiger partial charge in [0.25, 0.3) is 5.91 Å². The Morgan fingerprint density at radius 1 is 0.971 bits per heavy atom. The normalized spacial score (nSPS) is 17.9. The number of imide groups is 1. The van der Waals surface area contributed by atoms with E-state index in [-0.39, 0.29) is 5.69 Å². The van der Waals surface area contributed by atoms with Gasteiger partial charge in [-0.1, -0.05) is 35.9 Å². The molecule has 3 aromatic rings. The summed E-state index contributed by atoms with van der Waals surface area (Å²) in [5.41, 5.74) is -1.66. The van der Waals surface area contributed by atoms with Gasteiger partial charge < -0.3 is 14.5 Å². The lowest BCUT2D eigenvalue weighted by Crippen LogP contribution is -2.56. The molecule has 3 amide bonds. The van der Waals surface area contributed by atoms with E-state index < -0.39 is 34.8 Å². The van der Waals surface area contributed by atoms with E-state index in [0.29, 0.717) is 21.5 Å². The number of alkyl carbamates (subject to hydrolysis) is 1. The summed E-state index contributed by atoms with van der Waals surface area (Å²) < 4.78 is 11.1. The van der Waals surface area contributed by atoms with Crippen LogP contribution in [0.1, 0.15) is 52.7 Å². The van der Waals surface area contributed by atoms with E-state index in [1.165, 1.54) is 6.07 Å². The molecule has 0 unspecified atom stereocenters. The molecule has 2 aromatic carbocycles. The summed E-state index contributed by atoms with van der Waals surface area (Å²) in [6, 6.07) is 12.1. The third kappa shape index (κ3) is 4.46. The molecular formula is C26H28ClN3O5. The maximum Gasteiger partial charge on any atom is 0.421 e. The summed E-state index contributed by atoms with van der Waals surface area (Å²) in [5, 5.41) is 3.81. The van der Waals surface area contributed by atoms with E-state index in [1.54, 1.807) is 59.9 Å². The highest BCUT2D eigenvalue weighted by Crippen LogP contribution is 2.48. The number of H-pyrrole nitrogens is 1. The highest BCUT2D eigenvalue weighted by molar-refractivity contribution is 6.32. The van der Waals surface area contributed by atoms with Crippen LogP contribution in [0.4, 0.5) is 15.3 Å². The monoisotopic (exact) mass is 497 g/mol. The number of ether oxygens (including phenoxy) is 2. The molecular weight excluding hydrogens is 470 g/mol. The van der Waals surface area contributed by atoms with Gasteiger partial charge in [-0.15, -0.1) is 0 Å². The fourth-order valence-electron chi connectivity index (χ4n) is 4.17. The highest BCUT2D eigenvalue weighted by Gasteiger charge is 2.57. The molecule has 8 nitrogen and oxygen atoms in total. The molecule has 0 bridgehead atoms. The van der Waals surface area contributed by atoms with Crippen LogP contribution in [0.15, 0.2) is 48.7 Å². The molecule has 0 radical (unpaired) electrons. The molecule has 35 heavy (non-hydrogen) atoms. The lowest BCUT2D eigenvalue weighted by molar-refractivity contribution is -0.122. The third-order valence-electron chi connectivity index (χ3n) is 5.39. The fourth-order valence-corrected chi connectivity index (χ4v) is 4.34. The van der Waals surface area contributed by atoms with Crippen molar-refractivity contribution in [3.05, 3.63) is 64.8 Å². The summed E-state index contributed by atoms with van der Waals surface area (Å²) >= 11 is 6.27. The van der Waals surface area contributed by atoms with E-state index in [4.69, 9.17) is 21.1 Å². The predicted molar refractivity (Wildman–Crippen MR) is 134 cm³/mol. The molecule has 9 heteroatoms. The van der Waals surface area contributed by atoms with E-state index in [9.17, 15) is 14.4 Å². The van der Waals surface area contributed by atoms with Crippen molar-refractivity contribution < 1.29 is 23.9 Å². The second-order valence-corrected chi connectivity index (χ2v) is 10.8. The van der Waals surface area contributed by atoms with Crippen LogP contribution in [0, 0.1) is 0 Å². The number of aromatic nitrogens is 1. The number of halogens is 1. The molecule has 0 saturated heterocycles. The van der Waals surface area contributed by atoms with Crippen molar-refractivity contribution in [1.29, 1.82) is 0 Å². The summed E-state index contributed by atoms with van der Waals surface area (Å²) in [6.07, 6.45) is -0.0431. The molecule has 0 fully saturated rings. The Kier molecular flexibility index (Phi) is 5.84. The van der Waals surface area contributed by atoms with Crippen molar-refractivity contribution in [2.75, 3.05) is 4.90 Å². The largest absolute Gasteiger partial charge is 0.444 e. The molecule has 0 saturated carbocycles. The van der Waals surface area contributed by atoms with Crippen LogP contribution in [0.2, 0.25) is 5.02 Å². The number of nitrogens with one attached hydrogen (secondary N) is 2. The molecule has 1 aliphatic heterocycles. The molecule has 2 heterocycles. The minimum absolute atomic E-state index is 0.220.